The molecule has 4 aromatic rings. The maximum absolute atomic E-state index is 14.4. The number of urea groups is 1. The molecule has 2 amide bonds. The van der Waals surface area contributed by atoms with Gasteiger partial charge in [0.2, 0.25) is 0 Å². The number of hydrogen-bond donors (Lipinski definition) is 1. The molecule has 0 saturated heterocycles. The standard InChI is InChI=1S/C35H32N4O/c36-30-21-23-31(24-22-30)39-33-18-10-9-17-32(33)34(28-14-5-2-6-15-28)37-38(35(39)40)25-29-16-8-7-13-27(29)20-19-26-11-3-1-4-12-26/h1,3-4,7-13,16-18,21-24,28H,2,5-6,14-15,25,36H2. The number of nitrogens with two attached hydrogens (primary N) is 1. The van der Waals surface area contributed by atoms with Crippen LogP contribution in [0.5, 0.6) is 0 Å². The lowest BCUT2D eigenvalue weighted by Gasteiger charge is -2.27. The van der Waals surface area contributed by atoms with Gasteiger partial charge in [0, 0.05) is 28.3 Å². The highest BCUT2D eigenvalue weighted by Gasteiger charge is 2.34. The number of rotatable bonds is 4. The van der Waals surface area contributed by atoms with Crippen LogP contribution < -0.4 is 10.6 Å². The fraction of sp³-hybridized carbons (Fsp3) is 0.200. The zero-order valence-electron chi connectivity index (χ0n) is 22.5. The van der Waals surface area contributed by atoms with Crippen molar-refractivity contribution in [2.75, 3.05) is 10.6 Å². The second-order valence-electron chi connectivity index (χ2n) is 10.4. The van der Waals surface area contributed by atoms with Crippen molar-refractivity contribution in [1.29, 1.82) is 0 Å². The quantitative estimate of drug-likeness (QED) is 0.219. The Balaban J connectivity index is 1.45. The fourth-order valence-electron chi connectivity index (χ4n) is 5.59. The monoisotopic (exact) mass is 524 g/mol. The summed E-state index contributed by atoms with van der Waals surface area (Å²) in [4.78, 5) is 16.2. The van der Waals surface area contributed by atoms with Gasteiger partial charge in [-0.05, 0) is 66.9 Å². The Kier molecular flexibility index (Phi) is 7.32. The molecular formula is C35H32N4O. The van der Waals surface area contributed by atoms with Gasteiger partial charge in [0.25, 0.3) is 0 Å². The first-order valence-corrected chi connectivity index (χ1v) is 14.0. The van der Waals surface area contributed by atoms with Crippen LogP contribution in [0.15, 0.2) is 108 Å². The van der Waals surface area contributed by atoms with Crippen molar-refractivity contribution in [2.45, 2.75) is 38.6 Å². The number of carbonyl (C=O) groups is 1. The number of para-hydroxylation sites is 1. The second-order valence-corrected chi connectivity index (χ2v) is 10.4. The van der Waals surface area contributed by atoms with Crippen molar-refractivity contribution in [1.82, 2.24) is 5.01 Å². The molecule has 0 atom stereocenters. The van der Waals surface area contributed by atoms with Crippen LogP contribution in [0.25, 0.3) is 0 Å². The minimum atomic E-state index is -0.200. The van der Waals surface area contributed by atoms with Crippen LogP contribution in [0.4, 0.5) is 21.9 Å². The van der Waals surface area contributed by atoms with Gasteiger partial charge in [-0.25, -0.2) is 9.80 Å². The van der Waals surface area contributed by atoms with Gasteiger partial charge in [-0.15, -0.1) is 0 Å². The van der Waals surface area contributed by atoms with Crippen molar-refractivity contribution in [3.05, 3.63) is 125 Å². The number of nitrogens with zero attached hydrogens (tertiary/aromatic N) is 3. The lowest BCUT2D eigenvalue weighted by molar-refractivity contribution is 0.207. The molecule has 1 fully saturated rings. The lowest BCUT2D eigenvalue weighted by Crippen LogP contribution is -2.37. The molecule has 0 unspecified atom stereocenters. The third kappa shape index (κ3) is 5.34. The highest BCUT2D eigenvalue weighted by molar-refractivity contribution is 6.13. The largest absolute Gasteiger partial charge is 0.399 e. The molecule has 1 heterocycles. The first-order valence-electron chi connectivity index (χ1n) is 14.0. The summed E-state index contributed by atoms with van der Waals surface area (Å²) in [6.45, 7) is 0.314. The number of hydrazone groups is 1. The van der Waals surface area contributed by atoms with Gasteiger partial charge in [-0.3, -0.25) is 4.90 Å². The highest BCUT2D eigenvalue weighted by atomic mass is 16.2. The molecule has 0 radical (unpaired) electrons. The van der Waals surface area contributed by atoms with E-state index >= 15 is 0 Å². The predicted molar refractivity (Wildman–Crippen MR) is 162 cm³/mol. The first-order chi connectivity index (χ1) is 19.7. The summed E-state index contributed by atoms with van der Waals surface area (Å²) >= 11 is 0. The van der Waals surface area contributed by atoms with E-state index in [1.165, 1.54) is 19.3 Å². The molecule has 1 aliphatic heterocycles. The van der Waals surface area contributed by atoms with E-state index in [9.17, 15) is 4.79 Å². The third-order valence-corrected chi connectivity index (χ3v) is 7.66. The minimum absolute atomic E-state index is 0.200. The molecule has 40 heavy (non-hydrogen) atoms. The zero-order chi connectivity index (χ0) is 27.3. The molecule has 4 aromatic carbocycles. The molecule has 198 valence electrons. The molecule has 1 aliphatic carbocycles. The molecule has 2 N–H and O–H groups in total. The summed E-state index contributed by atoms with van der Waals surface area (Å²) in [5.74, 6) is 6.90. The van der Waals surface area contributed by atoms with Gasteiger partial charge in [0.1, 0.15) is 0 Å². The number of nitrogen functional groups attached to an aromatic ring is 1. The van der Waals surface area contributed by atoms with E-state index in [-0.39, 0.29) is 6.03 Å². The van der Waals surface area contributed by atoms with Gasteiger partial charge >= 0.3 is 6.03 Å². The molecule has 5 nitrogen and oxygen atoms in total. The van der Waals surface area contributed by atoms with Crippen LogP contribution in [-0.4, -0.2) is 16.8 Å². The Bertz CT molecular complexity index is 1590. The molecule has 2 aliphatic rings. The van der Waals surface area contributed by atoms with E-state index in [4.69, 9.17) is 10.8 Å². The van der Waals surface area contributed by atoms with E-state index in [0.717, 1.165) is 52.2 Å². The molecular weight excluding hydrogens is 492 g/mol. The number of amides is 2. The Labute approximate surface area is 235 Å². The smallest absolute Gasteiger partial charge is 0.349 e. The molecule has 6 rings (SSSR count). The van der Waals surface area contributed by atoms with Gasteiger partial charge in [-0.2, -0.15) is 5.10 Å². The third-order valence-electron chi connectivity index (χ3n) is 7.66. The summed E-state index contributed by atoms with van der Waals surface area (Å²) in [5.41, 5.74) is 13.1. The van der Waals surface area contributed by atoms with Crippen molar-refractivity contribution >= 4 is 28.8 Å². The summed E-state index contributed by atoms with van der Waals surface area (Å²) in [6, 6.07) is 33.3. The van der Waals surface area contributed by atoms with Crippen LogP contribution in [0.3, 0.4) is 0 Å². The average Bonchev–Trinajstić information content (AvgIpc) is 3.12. The summed E-state index contributed by atoms with van der Waals surface area (Å²) in [5, 5.41) is 6.78. The SMILES string of the molecule is Nc1ccc(N2C(=O)N(Cc3ccccc3C#Cc3ccccc3)N=C(C3CCCCC3)c3ccccc32)cc1. The van der Waals surface area contributed by atoms with Gasteiger partial charge in [-0.1, -0.05) is 85.7 Å². The zero-order valence-corrected chi connectivity index (χ0v) is 22.5. The van der Waals surface area contributed by atoms with E-state index in [2.05, 4.69) is 17.9 Å². The van der Waals surface area contributed by atoms with Crippen LogP contribution >= 0.6 is 0 Å². The van der Waals surface area contributed by atoms with Gasteiger partial charge in [0.05, 0.1) is 23.6 Å². The van der Waals surface area contributed by atoms with E-state index < -0.39 is 0 Å². The van der Waals surface area contributed by atoms with Crippen molar-refractivity contribution in [2.24, 2.45) is 11.0 Å². The summed E-state index contributed by atoms with van der Waals surface area (Å²) < 4.78 is 0. The van der Waals surface area contributed by atoms with Crippen LogP contribution in [0.1, 0.15) is 54.4 Å². The van der Waals surface area contributed by atoms with E-state index in [1.54, 1.807) is 9.91 Å². The van der Waals surface area contributed by atoms with Crippen molar-refractivity contribution in [3.63, 3.8) is 0 Å². The Morgan fingerprint density at radius 1 is 0.775 bits per heavy atom. The molecule has 1 saturated carbocycles. The van der Waals surface area contributed by atoms with Gasteiger partial charge < -0.3 is 5.73 Å². The molecule has 0 bridgehead atoms. The maximum atomic E-state index is 14.4. The Hall–Kier alpha value is -4.82. The molecule has 0 spiro atoms. The number of fused-ring (bicyclic) bond motifs is 1. The maximum Gasteiger partial charge on any atom is 0.349 e. The van der Waals surface area contributed by atoms with Gasteiger partial charge in [0.15, 0.2) is 0 Å². The molecule has 5 heteroatoms. The Morgan fingerprint density at radius 3 is 2.27 bits per heavy atom. The average molecular weight is 525 g/mol. The normalized spacial score (nSPS) is 15.5. The summed E-state index contributed by atoms with van der Waals surface area (Å²) in [7, 11) is 0. The number of hydrogen-bond acceptors (Lipinski definition) is 3. The topological polar surface area (TPSA) is 61.9 Å². The van der Waals surface area contributed by atoms with Crippen LogP contribution in [0.2, 0.25) is 0 Å². The number of carbonyl (C=O) groups excluding carboxylic acids is 1. The first kappa shape index (κ1) is 25.5. The minimum Gasteiger partial charge on any atom is -0.399 e. The lowest BCUT2D eigenvalue weighted by atomic mass is 9.83. The second kappa shape index (κ2) is 11.5. The van der Waals surface area contributed by atoms with Crippen molar-refractivity contribution in [3.8, 4) is 11.8 Å². The van der Waals surface area contributed by atoms with Crippen molar-refractivity contribution < 1.29 is 4.79 Å². The number of anilines is 3. The molecule has 0 aromatic heterocycles. The van der Waals surface area contributed by atoms with Crippen LogP contribution in [0, 0.1) is 17.8 Å². The fourth-order valence-corrected chi connectivity index (χ4v) is 5.59. The Morgan fingerprint density at radius 2 is 1.48 bits per heavy atom. The predicted octanol–water partition coefficient (Wildman–Crippen LogP) is 7.73. The van der Waals surface area contributed by atoms with E-state index in [1.807, 2.05) is 97.1 Å². The van der Waals surface area contributed by atoms with E-state index in [0.29, 0.717) is 18.2 Å². The van der Waals surface area contributed by atoms with Crippen LogP contribution in [-0.2, 0) is 6.54 Å². The highest BCUT2D eigenvalue weighted by Crippen LogP contribution is 2.38. The number of benzene rings is 4. The summed E-state index contributed by atoms with van der Waals surface area (Å²) in [6.07, 6.45) is 5.77.